The molecule has 0 spiro atoms. The fourth-order valence-electron chi connectivity index (χ4n) is 2.54. The van der Waals surface area contributed by atoms with Gasteiger partial charge in [0.05, 0.1) is 18.2 Å². The fraction of sp³-hybridized carbons (Fsp3) is 0.471. The van der Waals surface area contributed by atoms with E-state index in [0.717, 1.165) is 42.6 Å². The zero-order valence-electron chi connectivity index (χ0n) is 12.9. The Balaban J connectivity index is 2.01. The summed E-state index contributed by atoms with van der Waals surface area (Å²) in [7, 11) is 0. The van der Waals surface area contributed by atoms with E-state index in [-0.39, 0.29) is 12.6 Å². The first-order chi connectivity index (χ1) is 10.3. The van der Waals surface area contributed by atoms with Gasteiger partial charge in [-0.25, -0.2) is 0 Å². The lowest BCUT2D eigenvalue weighted by atomic mass is 10.0. The summed E-state index contributed by atoms with van der Waals surface area (Å²) in [5.74, 6) is 0. The van der Waals surface area contributed by atoms with E-state index in [4.69, 9.17) is 0 Å². The highest BCUT2D eigenvalue weighted by Gasteiger charge is 2.10. The Hall–Kier alpha value is -1.49. The molecule has 1 aromatic heterocycles. The van der Waals surface area contributed by atoms with Gasteiger partial charge in [-0.3, -0.25) is 4.98 Å². The Bertz CT molecular complexity index is 554. The Labute approximate surface area is 126 Å². The van der Waals surface area contributed by atoms with Crippen LogP contribution in [0.15, 0.2) is 36.5 Å². The molecule has 1 aromatic carbocycles. The molecule has 21 heavy (non-hydrogen) atoms. The second-order valence-corrected chi connectivity index (χ2v) is 5.17. The van der Waals surface area contributed by atoms with Crippen LogP contribution < -0.4 is 5.32 Å². The molecular formula is C17H25N3O. The molecule has 0 aliphatic heterocycles. The van der Waals surface area contributed by atoms with Crippen molar-refractivity contribution in [3.8, 4) is 0 Å². The summed E-state index contributed by atoms with van der Waals surface area (Å²) in [5, 5.41) is 14.2. The fourth-order valence-corrected chi connectivity index (χ4v) is 2.54. The van der Waals surface area contributed by atoms with E-state index in [1.54, 1.807) is 6.20 Å². The molecule has 114 valence electrons. The molecule has 1 unspecified atom stereocenters. The van der Waals surface area contributed by atoms with Gasteiger partial charge in [-0.15, -0.1) is 0 Å². The first-order valence-electron chi connectivity index (χ1n) is 7.69. The Morgan fingerprint density at radius 1 is 1.24 bits per heavy atom. The van der Waals surface area contributed by atoms with Crippen LogP contribution in [0.3, 0.4) is 0 Å². The van der Waals surface area contributed by atoms with Crippen LogP contribution in [0, 0.1) is 0 Å². The summed E-state index contributed by atoms with van der Waals surface area (Å²) in [6.45, 7) is 8.43. The molecule has 0 fully saturated rings. The van der Waals surface area contributed by atoms with Gasteiger partial charge in [0.1, 0.15) is 0 Å². The minimum Gasteiger partial charge on any atom is -0.394 e. The average molecular weight is 287 g/mol. The lowest BCUT2D eigenvalue weighted by Crippen LogP contribution is -2.34. The zero-order valence-corrected chi connectivity index (χ0v) is 12.9. The number of benzene rings is 1. The molecule has 2 rings (SSSR count). The predicted molar refractivity (Wildman–Crippen MR) is 87.4 cm³/mol. The van der Waals surface area contributed by atoms with Crippen LogP contribution >= 0.6 is 0 Å². The standard InChI is InChI=1S/C17H25N3O/c1-3-20(4-2)11-10-19-17(13-21)15-7-8-16-14(12-15)6-5-9-18-16/h5-9,12,17,19,21H,3-4,10-11,13H2,1-2H3. The third kappa shape index (κ3) is 4.24. The van der Waals surface area contributed by atoms with E-state index in [1.807, 2.05) is 18.2 Å². The second kappa shape index (κ2) is 8.08. The summed E-state index contributed by atoms with van der Waals surface area (Å²) in [5.41, 5.74) is 2.10. The number of aromatic nitrogens is 1. The highest BCUT2D eigenvalue weighted by molar-refractivity contribution is 5.79. The summed E-state index contributed by atoms with van der Waals surface area (Å²) >= 11 is 0. The van der Waals surface area contributed by atoms with Crippen LogP contribution in [0.5, 0.6) is 0 Å². The molecule has 0 saturated carbocycles. The number of hydrogen-bond donors (Lipinski definition) is 2. The van der Waals surface area contributed by atoms with Crippen LogP contribution in [0.2, 0.25) is 0 Å². The smallest absolute Gasteiger partial charge is 0.0702 e. The minimum atomic E-state index is -0.0230. The lowest BCUT2D eigenvalue weighted by Gasteiger charge is -2.21. The van der Waals surface area contributed by atoms with Crippen molar-refractivity contribution in [3.05, 3.63) is 42.1 Å². The highest BCUT2D eigenvalue weighted by atomic mass is 16.3. The molecule has 1 heterocycles. The summed E-state index contributed by atoms with van der Waals surface area (Å²) in [6.07, 6.45) is 1.80. The monoisotopic (exact) mass is 287 g/mol. The van der Waals surface area contributed by atoms with Crippen molar-refractivity contribution in [2.24, 2.45) is 0 Å². The zero-order chi connectivity index (χ0) is 15.1. The maximum absolute atomic E-state index is 9.64. The topological polar surface area (TPSA) is 48.4 Å². The molecule has 0 radical (unpaired) electrons. The maximum Gasteiger partial charge on any atom is 0.0702 e. The van der Waals surface area contributed by atoms with E-state index < -0.39 is 0 Å². The normalized spacial score (nSPS) is 13.0. The van der Waals surface area contributed by atoms with Gasteiger partial charge in [-0.2, -0.15) is 0 Å². The number of pyridine rings is 1. The van der Waals surface area contributed by atoms with Gasteiger partial charge in [0.2, 0.25) is 0 Å². The minimum absolute atomic E-state index is 0.0230. The third-order valence-electron chi connectivity index (χ3n) is 3.93. The van der Waals surface area contributed by atoms with Gasteiger partial charge in [0, 0.05) is 24.7 Å². The quantitative estimate of drug-likeness (QED) is 0.781. The van der Waals surface area contributed by atoms with Crippen molar-refractivity contribution in [1.82, 2.24) is 15.2 Å². The number of nitrogens with one attached hydrogen (secondary N) is 1. The molecule has 1 atom stereocenters. The van der Waals surface area contributed by atoms with Crippen molar-refractivity contribution < 1.29 is 5.11 Å². The van der Waals surface area contributed by atoms with Crippen molar-refractivity contribution in [2.75, 3.05) is 32.8 Å². The van der Waals surface area contributed by atoms with Crippen LogP contribution in [-0.2, 0) is 0 Å². The number of nitrogens with zero attached hydrogens (tertiary/aromatic N) is 2. The number of aliphatic hydroxyl groups excluding tert-OH is 1. The molecule has 0 amide bonds. The number of aliphatic hydroxyl groups is 1. The number of rotatable bonds is 8. The maximum atomic E-state index is 9.64. The van der Waals surface area contributed by atoms with Gasteiger partial charge in [-0.05, 0) is 36.9 Å². The molecule has 0 aliphatic carbocycles. The number of likely N-dealkylation sites (N-methyl/N-ethyl adjacent to an activating group) is 1. The largest absolute Gasteiger partial charge is 0.394 e. The van der Waals surface area contributed by atoms with Gasteiger partial charge in [-0.1, -0.05) is 26.0 Å². The number of hydrogen-bond acceptors (Lipinski definition) is 4. The van der Waals surface area contributed by atoms with E-state index in [0.29, 0.717) is 0 Å². The van der Waals surface area contributed by atoms with Gasteiger partial charge < -0.3 is 15.3 Å². The third-order valence-corrected chi connectivity index (χ3v) is 3.93. The van der Waals surface area contributed by atoms with Crippen molar-refractivity contribution in [3.63, 3.8) is 0 Å². The van der Waals surface area contributed by atoms with Crippen molar-refractivity contribution >= 4 is 10.9 Å². The Kier molecular flexibility index (Phi) is 6.11. The van der Waals surface area contributed by atoms with Crippen LogP contribution in [0.4, 0.5) is 0 Å². The van der Waals surface area contributed by atoms with E-state index in [1.165, 1.54) is 0 Å². The van der Waals surface area contributed by atoms with Gasteiger partial charge in [0.15, 0.2) is 0 Å². The van der Waals surface area contributed by atoms with Crippen LogP contribution in [0.1, 0.15) is 25.5 Å². The summed E-state index contributed by atoms with van der Waals surface area (Å²) < 4.78 is 0. The molecule has 4 nitrogen and oxygen atoms in total. The molecule has 0 bridgehead atoms. The SMILES string of the molecule is CCN(CC)CCNC(CO)c1ccc2ncccc2c1. The summed E-state index contributed by atoms with van der Waals surface area (Å²) in [6, 6.07) is 10.1. The van der Waals surface area contributed by atoms with E-state index in [9.17, 15) is 5.11 Å². The Morgan fingerprint density at radius 3 is 2.76 bits per heavy atom. The van der Waals surface area contributed by atoms with Crippen molar-refractivity contribution in [1.29, 1.82) is 0 Å². The van der Waals surface area contributed by atoms with Gasteiger partial charge in [0.25, 0.3) is 0 Å². The lowest BCUT2D eigenvalue weighted by molar-refractivity contribution is 0.233. The molecule has 0 aliphatic rings. The molecule has 0 saturated heterocycles. The average Bonchev–Trinajstić information content (AvgIpc) is 2.55. The van der Waals surface area contributed by atoms with Crippen LogP contribution in [-0.4, -0.2) is 47.8 Å². The molecular weight excluding hydrogens is 262 g/mol. The molecule has 4 heteroatoms. The van der Waals surface area contributed by atoms with Crippen LogP contribution in [0.25, 0.3) is 10.9 Å². The Morgan fingerprint density at radius 2 is 2.05 bits per heavy atom. The first kappa shape index (κ1) is 15.9. The summed E-state index contributed by atoms with van der Waals surface area (Å²) in [4.78, 5) is 6.69. The van der Waals surface area contributed by atoms with E-state index in [2.05, 4.69) is 41.2 Å². The molecule has 2 aromatic rings. The highest BCUT2D eigenvalue weighted by Crippen LogP contribution is 2.18. The second-order valence-electron chi connectivity index (χ2n) is 5.17. The predicted octanol–water partition coefficient (Wildman–Crippen LogP) is 2.20. The van der Waals surface area contributed by atoms with Crippen molar-refractivity contribution in [2.45, 2.75) is 19.9 Å². The number of fused-ring (bicyclic) bond motifs is 1. The van der Waals surface area contributed by atoms with Gasteiger partial charge >= 0.3 is 0 Å². The molecule has 2 N–H and O–H groups in total. The first-order valence-corrected chi connectivity index (χ1v) is 7.69. The van der Waals surface area contributed by atoms with E-state index >= 15 is 0 Å².